The third-order valence-corrected chi connectivity index (χ3v) is 4.23. The molecule has 0 unspecified atom stereocenters. The van der Waals surface area contributed by atoms with Crippen molar-refractivity contribution >= 4 is 23.0 Å². The lowest BCUT2D eigenvalue weighted by molar-refractivity contribution is 0.208. The number of hydrogen-bond acceptors (Lipinski definition) is 2. The molecule has 3 heteroatoms. The molecule has 0 aromatic heterocycles. The molecule has 1 aromatic rings. The highest BCUT2D eigenvalue weighted by atomic mass is 35.5. The van der Waals surface area contributed by atoms with Crippen LogP contribution in [0.1, 0.15) is 46.5 Å². The lowest BCUT2D eigenvalue weighted by Gasteiger charge is -2.34. The molecule has 19 heavy (non-hydrogen) atoms. The average molecular weight is 279 g/mol. The molecule has 0 atom stereocenters. The van der Waals surface area contributed by atoms with E-state index in [0.29, 0.717) is 5.41 Å². The molecular weight excluding hydrogens is 256 g/mol. The number of nitrogens with one attached hydrogen (secondary N) is 1. The second kappa shape index (κ2) is 5.96. The Labute approximate surface area is 121 Å². The van der Waals surface area contributed by atoms with Crippen molar-refractivity contribution in [2.24, 2.45) is 16.4 Å². The monoisotopic (exact) mass is 278 g/mol. The number of hydrazone groups is 1. The predicted octanol–water partition coefficient (Wildman–Crippen LogP) is 5.34. The summed E-state index contributed by atoms with van der Waals surface area (Å²) in [5, 5.41) is 5.28. The third-order valence-electron chi connectivity index (χ3n) is 3.97. The van der Waals surface area contributed by atoms with Crippen molar-refractivity contribution in [2.75, 3.05) is 5.43 Å². The highest BCUT2D eigenvalue weighted by Crippen LogP contribution is 2.36. The van der Waals surface area contributed by atoms with Crippen molar-refractivity contribution in [1.82, 2.24) is 0 Å². The molecule has 0 spiro atoms. The van der Waals surface area contributed by atoms with E-state index in [4.69, 9.17) is 11.6 Å². The van der Waals surface area contributed by atoms with E-state index in [9.17, 15) is 0 Å². The van der Waals surface area contributed by atoms with Crippen LogP contribution in [0.2, 0.25) is 5.02 Å². The first-order valence-corrected chi connectivity index (χ1v) is 7.40. The van der Waals surface area contributed by atoms with E-state index < -0.39 is 0 Å². The molecule has 0 aliphatic heterocycles. The molecule has 1 aliphatic carbocycles. The first kappa shape index (κ1) is 14.4. The standard InChI is InChI=1S/C16H23ClN2/c1-16(2,3)12-4-8-14(9-5-12)18-19-15-10-6-13(17)7-11-15/h6-7,10-12,19H,4-5,8-9H2,1-3H3. The van der Waals surface area contributed by atoms with Crippen LogP contribution in [0.3, 0.4) is 0 Å². The Bertz CT molecular complexity index is 433. The van der Waals surface area contributed by atoms with Gasteiger partial charge in [0.2, 0.25) is 0 Å². The van der Waals surface area contributed by atoms with Gasteiger partial charge in [0.15, 0.2) is 0 Å². The molecule has 2 nitrogen and oxygen atoms in total. The van der Waals surface area contributed by atoms with Crippen LogP contribution in [0.25, 0.3) is 0 Å². The highest BCUT2D eigenvalue weighted by molar-refractivity contribution is 6.30. The summed E-state index contributed by atoms with van der Waals surface area (Å²) in [4.78, 5) is 0. The van der Waals surface area contributed by atoms with Gasteiger partial charge in [-0.2, -0.15) is 5.10 Å². The van der Waals surface area contributed by atoms with Gasteiger partial charge >= 0.3 is 0 Å². The summed E-state index contributed by atoms with van der Waals surface area (Å²) >= 11 is 5.86. The SMILES string of the molecule is CC(C)(C)C1CCC(=NNc2ccc(Cl)cc2)CC1. The predicted molar refractivity (Wildman–Crippen MR) is 83.9 cm³/mol. The fourth-order valence-electron chi connectivity index (χ4n) is 2.60. The summed E-state index contributed by atoms with van der Waals surface area (Å²) < 4.78 is 0. The van der Waals surface area contributed by atoms with E-state index in [1.165, 1.54) is 18.6 Å². The van der Waals surface area contributed by atoms with Gasteiger partial charge in [-0.05, 0) is 61.3 Å². The second-order valence-electron chi connectivity index (χ2n) is 6.44. The van der Waals surface area contributed by atoms with Gasteiger partial charge in [-0.25, -0.2) is 0 Å². The molecule has 1 saturated carbocycles. The highest BCUT2D eigenvalue weighted by Gasteiger charge is 2.27. The Hall–Kier alpha value is -1.02. The van der Waals surface area contributed by atoms with Gasteiger partial charge < -0.3 is 0 Å². The second-order valence-corrected chi connectivity index (χ2v) is 6.87. The Morgan fingerprint density at radius 1 is 1.11 bits per heavy atom. The van der Waals surface area contributed by atoms with E-state index in [1.807, 2.05) is 24.3 Å². The minimum Gasteiger partial charge on any atom is -0.279 e. The molecule has 1 N–H and O–H groups in total. The molecule has 0 saturated heterocycles. The van der Waals surface area contributed by atoms with Crippen molar-refractivity contribution < 1.29 is 0 Å². The quantitative estimate of drug-likeness (QED) is 0.725. The summed E-state index contributed by atoms with van der Waals surface area (Å²) in [5.41, 5.74) is 5.83. The first-order valence-electron chi connectivity index (χ1n) is 7.02. The van der Waals surface area contributed by atoms with Crippen LogP contribution in [-0.4, -0.2) is 5.71 Å². The van der Waals surface area contributed by atoms with E-state index in [0.717, 1.165) is 29.5 Å². The Morgan fingerprint density at radius 3 is 2.21 bits per heavy atom. The van der Waals surface area contributed by atoms with Crippen LogP contribution in [0.15, 0.2) is 29.4 Å². The number of anilines is 1. The average Bonchev–Trinajstić information content (AvgIpc) is 2.37. The van der Waals surface area contributed by atoms with Gasteiger partial charge in [-0.1, -0.05) is 32.4 Å². The first-order chi connectivity index (χ1) is 8.95. The van der Waals surface area contributed by atoms with Gasteiger partial charge in [0.05, 0.1) is 5.69 Å². The summed E-state index contributed by atoms with van der Waals surface area (Å²) in [6.45, 7) is 7.02. The lowest BCUT2D eigenvalue weighted by atomic mass is 9.72. The maximum absolute atomic E-state index is 5.86. The maximum Gasteiger partial charge on any atom is 0.0562 e. The van der Waals surface area contributed by atoms with Gasteiger partial charge in [0.1, 0.15) is 0 Å². The topological polar surface area (TPSA) is 24.4 Å². The lowest BCUT2D eigenvalue weighted by Crippen LogP contribution is -2.26. The van der Waals surface area contributed by atoms with Crippen molar-refractivity contribution in [3.8, 4) is 0 Å². The van der Waals surface area contributed by atoms with Crippen LogP contribution in [-0.2, 0) is 0 Å². The molecule has 104 valence electrons. The Balaban J connectivity index is 1.87. The van der Waals surface area contributed by atoms with Gasteiger partial charge in [0.25, 0.3) is 0 Å². The largest absolute Gasteiger partial charge is 0.279 e. The number of rotatable bonds is 2. The fourth-order valence-corrected chi connectivity index (χ4v) is 2.72. The minimum absolute atomic E-state index is 0.426. The van der Waals surface area contributed by atoms with Crippen molar-refractivity contribution in [3.05, 3.63) is 29.3 Å². The van der Waals surface area contributed by atoms with Crippen LogP contribution in [0.4, 0.5) is 5.69 Å². The molecule has 0 heterocycles. The summed E-state index contributed by atoms with van der Waals surface area (Å²) in [6, 6.07) is 7.65. The normalized spacial score (nSPS) is 20.2. The smallest absolute Gasteiger partial charge is 0.0562 e. The zero-order valence-corrected chi connectivity index (χ0v) is 12.8. The number of nitrogens with zero attached hydrogens (tertiary/aromatic N) is 1. The van der Waals surface area contributed by atoms with Crippen LogP contribution >= 0.6 is 11.6 Å². The fraction of sp³-hybridized carbons (Fsp3) is 0.562. The summed E-state index contributed by atoms with van der Waals surface area (Å²) in [7, 11) is 0. The molecule has 1 aromatic carbocycles. The number of halogens is 1. The minimum atomic E-state index is 0.426. The maximum atomic E-state index is 5.86. The van der Waals surface area contributed by atoms with Crippen LogP contribution in [0.5, 0.6) is 0 Å². The Kier molecular flexibility index (Phi) is 4.51. The third kappa shape index (κ3) is 4.24. The van der Waals surface area contributed by atoms with E-state index in [1.54, 1.807) is 0 Å². The molecule has 0 radical (unpaired) electrons. The zero-order valence-electron chi connectivity index (χ0n) is 12.0. The zero-order chi connectivity index (χ0) is 13.9. The summed E-state index contributed by atoms with van der Waals surface area (Å²) in [5.74, 6) is 0.821. The number of hydrogen-bond donors (Lipinski definition) is 1. The van der Waals surface area contributed by atoms with Crippen LogP contribution in [0, 0.1) is 11.3 Å². The molecule has 1 fully saturated rings. The van der Waals surface area contributed by atoms with Gasteiger partial charge in [-0.15, -0.1) is 0 Å². The van der Waals surface area contributed by atoms with E-state index >= 15 is 0 Å². The summed E-state index contributed by atoms with van der Waals surface area (Å²) in [6.07, 6.45) is 4.74. The van der Waals surface area contributed by atoms with Crippen LogP contribution < -0.4 is 5.43 Å². The molecule has 0 bridgehead atoms. The molecular formula is C16H23ClN2. The van der Waals surface area contributed by atoms with Gasteiger partial charge in [0, 0.05) is 10.7 Å². The Morgan fingerprint density at radius 2 is 1.68 bits per heavy atom. The van der Waals surface area contributed by atoms with Crippen molar-refractivity contribution in [3.63, 3.8) is 0 Å². The molecule has 0 amide bonds. The molecule has 2 rings (SSSR count). The molecule has 1 aliphatic rings. The number of benzene rings is 1. The van der Waals surface area contributed by atoms with E-state index in [-0.39, 0.29) is 0 Å². The van der Waals surface area contributed by atoms with Gasteiger partial charge in [-0.3, -0.25) is 5.43 Å². The van der Waals surface area contributed by atoms with Crippen molar-refractivity contribution in [1.29, 1.82) is 0 Å². The van der Waals surface area contributed by atoms with Crippen molar-refractivity contribution in [2.45, 2.75) is 46.5 Å². The van der Waals surface area contributed by atoms with E-state index in [2.05, 4.69) is 31.3 Å².